The van der Waals surface area contributed by atoms with Crippen molar-refractivity contribution in [3.05, 3.63) is 10.4 Å². The van der Waals surface area contributed by atoms with E-state index >= 15 is 0 Å². The summed E-state index contributed by atoms with van der Waals surface area (Å²) in [6.07, 6.45) is 5.15. The highest BCUT2D eigenvalue weighted by Crippen LogP contribution is 2.31. The number of nitrogens with one attached hydrogen (secondary N) is 2. The number of rotatable bonds is 7. The summed E-state index contributed by atoms with van der Waals surface area (Å²) in [5.74, 6) is 0. The summed E-state index contributed by atoms with van der Waals surface area (Å²) in [6, 6.07) is 0. The normalized spacial score (nSPS) is 28.9. The van der Waals surface area contributed by atoms with Gasteiger partial charge in [-0.1, -0.05) is 6.92 Å². The molecule has 1 saturated heterocycles. The Hall–Kier alpha value is 1.27. The Bertz CT molecular complexity index is 215. The molecule has 0 spiro atoms. The number of hydroxylamine groups is 4. The van der Waals surface area contributed by atoms with Gasteiger partial charge in [0.25, 0.3) is 0 Å². The largest absolute Gasteiger partial charge is 0.633 e. The molecule has 4 nitrogen and oxygen atoms in total. The molecule has 1 rings (SSSR count). The summed E-state index contributed by atoms with van der Waals surface area (Å²) < 4.78 is 0.578. The Kier molecular flexibility index (Phi) is 8.85. The molecule has 0 aliphatic carbocycles. The van der Waals surface area contributed by atoms with Crippen molar-refractivity contribution in [1.82, 2.24) is 0 Å². The molecule has 0 bridgehead atoms. The summed E-state index contributed by atoms with van der Waals surface area (Å²) in [6.45, 7) is 2.83. The third-order valence-electron chi connectivity index (χ3n) is 2.83. The van der Waals surface area contributed by atoms with E-state index in [0.717, 1.165) is 38.6 Å². The number of alkyl halides is 1. The number of halogens is 1. The van der Waals surface area contributed by atoms with Gasteiger partial charge in [-0.25, -0.2) is 0 Å². The Morgan fingerprint density at radius 1 is 1.53 bits per heavy atom. The molecular formula is C10H21IN2O2S2. The van der Waals surface area contributed by atoms with E-state index in [1.54, 1.807) is 21.6 Å². The molecule has 4 atom stereocenters. The number of quaternary nitrogens is 2. The fourth-order valence-electron chi connectivity index (χ4n) is 1.80. The van der Waals surface area contributed by atoms with E-state index < -0.39 is 0 Å². The Labute approximate surface area is 125 Å². The van der Waals surface area contributed by atoms with Gasteiger partial charge in [-0.15, -0.1) is 0 Å². The quantitative estimate of drug-likeness (QED) is 0.130. The van der Waals surface area contributed by atoms with E-state index in [4.69, 9.17) is 0 Å². The molecule has 2 N–H and O–H groups in total. The van der Waals surface area contributed by atoms with Crippen LogP contribution in [-0.2, 0) is 0 Å². The molecular weight excluding hydrogens is 371 g/mol. The predicted molar refractivity (Wildman–Crippen MR) is 83.9 cm³/mol. The average molecular weight is 392 g/mol. The van der Waals surface area contributed by atoms with Gasteiger partial charge in [0, 0.05) is 12.8 Å². The molecule has 0 aromatic carbocycles. The minimum atomic E-state index is 0.0802. The highest BCUT2D eigenvalue weighted by Gasteiger charge is 2.24. The zero-order chi connectivity index (χ0) is 12.7. The van der Waals surface area contributed by atoms with Crippen molar-refractivity contribution in [2.45, 2.75) is 49.8 Å². The van der Waals surface area contributed by atoms with Crippen molar-refractivity contribution in [2.24, 2.45) is 0 Å². The van der Waals surface area contributed by atoms with Crippen molar-refractivity contribution in [3.63, 3.8) is 0 Å². The van der Waals surface area contributed by atoms with Crippen LogP contribution in [0.1, 0.15) is 39.0 Å². The third kappa shape index (κ3) is 5.84. The SMILES string of the molecule is CCCC(SSC1CCCC[NH+]1[O-])[NH+]([O-])CI. The first-order valence-electron chi connectivity index (χ1n) is 6.12. The van der Waals surface area contributed by atoms with Crippen molar-refractivity contribution in [2.75, 3.05) is 11.1 Å². The third-order valence-corrected chi connectivity index (χ3v) is 6.88. The molecule has 1 fully saturated rings. The molecule has 0 amide bonds. The lowest BCUT2D eigenvalue weighted by Gasteiger charge is -2.36. The molecule has 4 unspecified atom stereocenters. The Morgan fingerprint density at radius 3 is 2.88 bits per heavy atom. The van der Waals surface area contributed by atoms with Gasteiger partial charge >= 0.3 is 0 Å². The second kappa shape index (κ2) is 9.22. The molecule has 1 heterocycles. The van der Waals surface area contributed by atoms with Crippen LogP contribution >= 0.6 is 44.2 Å². The van der Waals surface area contributed by atoms with Gasteiger partial charge in [-0.05, 0) is 63.4 Å². The molecule has 17 heavy (non-hydrogen) atoms. The van der Waals surface area contributed by atoms with Crippen LogP contribution in [0.15, 0.2) is 0 Å². The first-order chi connectivity index (χ1) is 8.19. The zero-order valence-corrected chi connectivity index (χ0v) is 13.9. The maximum absolute atomic E-state index is 11.7. The lowest BCUT2D eigenvalue weighted by molar-refractivity contribution is -0.864. The minimum absolute atomic E-state index is 0.0802. The topological polar surface area (TPSA) is 55.0 Å². The standard InChI is InChI=1S/C10H21IN2O2S2/c1-2-5-9(13(15)8-11)16-17-10-6-3-4-7-12(10)14/h9-10,12-13H,2-8H2,1H3. The fraction of sp³-hybridized carbons (Fsp3) is 1.00. The van der Waals surface area contributed by atoms with Gasteiger partial charge in [0.1, 0.15) is 15.3 Å². The molecule has 1 aliphatic rings. The second-order valence-corrected chi connectivity index (χ2v) is 7.71. The average Bonchev–Trinajstić information content (AvgIpc) is 2.35. The molecule has 0 saturated carbocycles. The van der Waals surface area contributed by atoms with E-state index in [9.17, 15) is 10.4 Å². The second-order valence-electron chi connectivity index (χ2n) is 4.27. The first kappa shape index (κ1) is 16.3. The highest BCUT2D eigenvalue weighted by atomic mass is 127. The van der Waals surface area contributed by atoms with E-state index in [0.29, 0.717) is 14.7 Å². The van der Waals surface area contributed by atoms with Crippen LogP contribution < -0.4 is 10.1 Å². The number of hydrogen-bond acceptors (Lipinski definition) is 4. The smallest absolute Gasteiger partial charge is 0.144 e. The monoisotopic (exact) mass is 392 g/mol. The van der Waals surface area contributed by atoms with Gasteiger partial charge in [0.15, 0.2) is 0 Å². The lowest BCUT2D eigenvalue weighted by atomic mass is 10.2. The van der Waals surface area contributed by atoms with Crippen molar-refractivity contribution in [3.8, 4) is 0 Å². The summed E-state index contributed by atoms with van der Waals surface area (Å²) in [4.78, 5) is 0. The highest BCUT2D eigenvalue weighted by molar-refractivity contribution is 14.1. The van der Waals surface area contributed by atoms with E-state index in [2.05, 4.69) is 29.5 Å². The Balaban J connectivity index is 2.34. The van der Waals surface area contributed by atoms with Crippen LogP contribution in [0.5, 0.6) is 0 Å². The van der Waals surface area contributed by atoms with Gasteiger partial charge < -0.3 is 20.5 Å². The summed E-state index contributed by atoms with van der Waals surface area (Å²) >= 11 is 2.13. The van der Waals surface area contributed by atoms with Crippen LogP contribution in [0, 0.1) is 10.4 Å². The van der Waals surface area contributed by atoms with Crippen LogP contribution in [0.25, 0.3) is 0 Å². The van der Waals surface area contributed by atoms with E-state index in [-0.39, 0.29) is 10.7 Å². The summed E-state index contributed by atoms with van der Waals surface area (Å²) in [7, 11) is 3.27. The molecule has 0 radical (unpaired) electrons. The van der Waals surface area contributed by atoms with Gasteiger partial charge in [-0.2, -0.15) is 0 Å². The van der Waals surface area contributed by atoms with E-state index in [1.165, 1.54) is 0 Å². The van der Waals surface area contributed by atoms with E-state index in [1.807, 2.05) is 0 Å². The summed E-state index contributed by atoms with van der Waals surface area (Å²) in [5.41, 5.74) is 0. The van der Waals surface area contributed by atoms with Crippen molar-refractivity contribution < 1.29 is 10.1 Å². The molecule has 0 aromatic heterocycles. The number of piperidine rings is 1. The molecule has 7 heteroatoms. The van der Waals surface area contributed by atoms with Gasteiger partial charge in [-0.3, -0.25) is 0 Å². The van der Waals surface area contributed by atoms with Gasteiger partial charge in [0.05, 0.1) is 6.54 Å². The minimum Gasteiger partial charge on any atom is -0.633 e. The summed E-state index contributed by atoms with van der Waals surface area (Å²) in [5, 5.41) is 24.3. The van der Waals surface area contributed by atoms with Crippen LogP contribution in [0.3, 0.4) is 0 Å². The van der Waals surface area contributed by atoms with Crippen LogP contribution in [0.4, 0.5) is 0 Å². The number of hydrogen-bond donors (Lipinski definition) is 2. The maximum Gasteiger partial charge on any atom is 0.144 e. The molecule has 102 valence electrons. The maximum atomic E-state index is 11.7. The molecule has 1 aliphatic heterocycles. The first-order valence-corrected chi connectivity index (χ1v) is 9.92. The van der Waals surface area contributed by atoms with Gasteiger partial charge in [0.2, 0.25) is 0 Å². The fourth-order valence-corrected chi connectivity index (χ4v) is 5.93. The van der Waals surface area contributed by atoms with Crippen molar-refractivity contribution >= 4 is 44.2 Å². The van der Waals surface area contributed by atoms with Crippen LogP contribution in [0.2, 0.25) is 0 Å². The predicted octanol–water partition coefficient (Wildman–Crippen LogP) is 1.16. The molecule has 0 aromatic rings. The zero-order valence-electron chi connectivity index (χ0n) is 10.1. The van der Waals surface area contributed by atoms with Crippen LogP contribution in [-0.4, -0.2) is 21.8 Å². The van der Waals surface area contributed by atoms with Crippen molar-refractivity contribution in [1.29, 1.82) is 0 Å². The Morgan fingerprint density at radius 2 is 2.29 bits per heavy atom. The lowest BCUT2D eigenvalue weighted by Crippen LogP contribution is -3.11.